The third-order valence-corrected chi connectivity index (χ3v) is 6.19. The maximum absolute atomic E-state index is 5.94. The molecule has 1 heterocycles. The molecule has 0 saturated carbocycles. The molecule has 6 heteroatoms. The van der Waals surface area contributed by atoms with Gasteiger partial charge >= 0.3 is 0 Å². The van der Waals surface area contributed by atoms with Crippen molar-refractivity contribution in [3.63, 3.8) is 0 Å². The molecule has 1 fully saturated rings. The normalized spacial score (nSPS) is 17.5. The van der Waals surface area contributed by atoms with Gasteiger partial charge in [0.05, 0.1) is 0 Å². The molecular formula is C23H52N6. The molecule has 0 aromatic heterocycles. The van der Waals surface area contributed by atoms with E-state index >= 15 is 0 Å². The van der Waals surface area contributed by atoms with Gasteiger partial charge in [0.1, 0.15) is 0 Å². The molecule has 0 radical (unpaired) electrons. The van der Waals surface area contributed by atoms with E-state index in [2.05, 4.69) is 46.1 Å². The minimum atomic E-state index is 0.583. The van der Waals surface area contributed by atoms with E-state index in [0.717, 1.165) is 51.6 Å². The van der Waals surface area contributed by atoms with Crippen LogP contribution in [-0.4, -0.2) is 106 Å². The average molecular weight is 413 g/mol. The van der Waals surface area contributed by atoms with E-state index in [1.807, 2.05) is 7.05 Å². The number of likely N-dealkylation sites (N-methyl/N-ethyl adjacent to an activating group) is 1. The fourth-order valence-electron chi connectivity index (χ4n) is 4.10. The second-order valence-corrected chi connectivity index (χ2v) is 9.15. The first-order valence-electron chi connectivity index (χ1n) is 12.3. The van der Waals surface area contributed by atoms with Crippen molar-refractivity contribution in [2.45, 2.75) is 58.9 Å². The summed E-state index contributed by atoms with van der Waals surface area (Å²) in [5, 5.41) is 7.03. The summed E-state index contributed by atoms with van der Waals surface area (Å²) in [7, 11) is 2.04. The van der Waals surface area contributed by atoms with E-state index < -0.39 is 0 Å². The first-order chi connectivity index (χ1) is 14.1. The molecule has 0 bridgehead atoms. The van der Waals surface area contributed by atoms with Crippen LogP contribution in [0.15, 0.2) is 0 Å². The lowest BCUT2D eigenvalue weighted by atomic mass is 10.1. The summed E-state index contributed by atoms with van der Waals surface area (Å²) in [6.45, 7) is 20.5. The number of hydrogen-bond donors (Lipinski definition) is 3. The molecule has 1 saturated heterocycles. The Balaban J connectivity index is 2.30. The third kappa shape index (κ3) is 12.9. The van der Waals surface area contributed by atoms with Crippen molar-refractivity contribution in [3.05, 3.63) is 0 Å². The lowest BCUT2D eigenvalue weighted by Crippen LogP contribution is -2.53. The van der Waals surface area contributed by atoms with Gasteiger partial charge < -0.3 is 26.2 Å². The minimum absolute atomic E-state index is 0.583. The zero-order valence-corrected chi connectivity index (χ0v) is 20.1. The summed E-state index contributed by atoms with van der Waals surface area (Å²) < 4.78 is 0. The van der Waals surface area contributed by atoms with Gasteiger partial charge in [-0.1, -0.05) is 33.6 Å². The van der Waals surface area contributed by atoms with Crippen molar-refractivity contribution in [1.29, 1.82) is 0 Å². The summed E-state index contributed by atoms with van der Waals surface area (Å²) in [4.78, 5) is 7.91. The van der Waals surface area contributed by atoms with Crippen molar-refractivity contribution in [2.24, 2.45) is 11.7 Å². The Morgan fingerprint density at radius 3 is 2.31 bits per heavy atom. The van der Waals surface area contributed by atoms with Crippen LogP contribution in [0.3, 0.4) is 0 Å². The molecule has 1 atom stereocenters. The van der Waals surface area contributed by atoms with E-state index in [-0.39, 0.29) is 0 Å². The van der Waals surface area contributed by atoms with Crippen LogP contribution in [-0.2, 0) is 0 Å². The van der Waals surface area contributed by atoms with Crippen LogP contribution in [0.25, 0.3) is 0 Å². The Morgan fingerprint density at radius 1 is 0.966 bits per heavy atom. The SMILES string of the molecule is CCCCCN1CCN(C(CCN)CNCCN(CCNC)CCC(C)C)CC1. The summed E-state index contributed by atoms with van der Waals surface area (Å²) >= 11 is 0. The Kier molecular flexibility index (Phi) is 16.1. The summed E-state index contributed by atoms with van der Waals surface area (Å²) in [6, 6.07) is 0.583. The lowest BCUT2D eigenvalue weighted by molar-refractivity contribution is 0.0908. The van der Waals surface area contributed by atoms with Gasteiger partial charge in [-0.3, -0.25) is 4.90 Å². The summed E-state index contributed by atoms with van der Waals surface area (Å²) in [6.07, 6.45) is 6.41. The van der Waals surface area contributed by atoms with Crippen molar-refractivity contribution in [2.75, 3.05) is 85.6 Å². The highest BCUT2D eigenvalue weighted by molar-refractivity contribution is 4.80. The predicted molar refractivity (Wildman–Crippen MR) is 128 cm³/mol. The molecule has 1 rings (SSSR count). The topological polar surface area (TPSA) is 59.8 Å². The number of rotatable bonds is 18. The number of hydrogen-bond acceptors (Lipinski definition) is 6. The minimum Gasteiger partial charge on any atom is -0.330 e. The highest BCUT2D eigenvalue weighted by atomic mass is 15.3. The lowest BCUT2D eigenvalue weighted by Gasteiger charge is -2.39. The molecule has 1 aliphatic rings. The van der Waals surface area contributed by atoms with Gasteiger partial charge in [-0.15, -0.1) is 0 Å². The second-order valence-electron chi connectivity index (χ2n) is 9.15. The molecule has 0 aromatic carbocycles. The maximum Gasteiger partial charge on any atom is 0.0233 e. The van der Waals surface area contributed by atoms with Crippen molar-refractivity contribution in [3.8, 4) is 0 Å². The van der Waals surface area contributed by atoms with E-state index in [0.29, 0.717) is 6.04 Å². The first kappa shape index (κ1) is 26.8. The number of piperazine rings is 1. The predicted octanol–water partition coefficient (Wildman–Crippen LogP) is 1.67. The van der Waals surface area contributed by atoms with Crippen LogP contribution >= 0.6 is 0 Å². The van der Waals surface area contributed by atoms with Crippen LogP contribution < -0.4 is 16.4 Å². The second kappa shape index (κ2) is 17.4. The van der Waals surface area contributed by atoms with Gasteiger partial charge in [0, 0.05) is 64.9 Å². The molecule has 1 unspecified atom stereocenters. The van der Waals surface area contributed by atoms with Gasteiger partial charge in [-0.05, 0) is 51.9 Å². The van der Waals surface area contributed by atoms with E-state index in [1.165, 1.54) is 65.0 Å². The van der Waals surface area contributed by atoms with Crippen molar-refractivity contribution in [1.82, 2.24) is 25.3 Å². The molecule has 174 valence electrons. The summed E-state index contributed by atoms with van der Waals surface area (Å²) in [5.74, 6) is 0.773. The molecule has 29 heavy (non-hydrogen) atoms. The Morgan fingerprint density at radius 2 is 1.69 bits per heavy atom. The van der Waals surface area contributed by atoms with Crippen LogP contribution in [0.4, 0.5) is 0 Å². The fourth-order valence-corrected chi connectivity index (χ4v) is 4.10. The van der Waals surface area contributed by atoms with Gasteiger partial charge in [0.25, 0.3) is 0 Å². The first-order valence-corrected chi connectivity index (χ1v) is 12.3. The number of nitrogens with one attached hydrogen (secondary N) is 2. The Hall–Kier alpha value is -0.240. The molecule has 4 N–H and O–H groups in total. The standard InChI is InChI=1S/C23H52N6/c1-5-6-7-13-27-17-19-29(20-18-27)23(8-10-24)21-26-12-16-28(15-11-25-4)14-9-22(2)3/h22-23,25-26H,5-21,24H2,1-4H3. The largest absolute Gasteiger partial charge is 0.330 e. The maximum atomic E-state index is 5.94. The molecule has 0 aromatic rings. The summed E-state index contributed by atoms with van der Waals surface area (Å²) in [5.41, 5.74) is 5.94. The fraction of sp³-hybridized carbons (Fsp3) is 1.00. The van der Waals surface area contributed by atoms with Crippen LogP contribution in [0.1, 0.15) is 52.9 Å². The molecular weight excluding hydrogens is 360 g/mol. The Bertz CT molecular complexity index is 357. The van der Waals surface area contributed by atoms with E-state index in [9.17, 15) is 0 Å². The smallest absolute Gasteiger partial charge is 0.0233 e. The molecule has 0 amide bonds. The zero-order valence-electron chi connectivity index (χ0n) is 20.1. The number of nitrogens with two attached hydrogens (primary N) is 1. The van der Waals surface area contributed by atoms with Gasteiger partial charge in [0.15, 0.2) is 0 Å². The molecule has 0 aliphatic carbocycles. The van der Waals surface area contributed by atoms with E-state index in [4.69, 9.17) is 5.73 Å². The van der Waals surface area contributed by atoms with Gasteiger partial charge in [-0.25, -0.2) is 0 Å². The van der Waals surface area contributed by atoms with Crippen LogP contribution in [0, 0.1) is 5.92 Å². The average Bonchev–Trinajstić information content (AvgIpc) is 2.72. The van der Waals surface area contributed by atoms with Gasteiger partial charge in [0.2, 0.25) is 0 Å². The highest BCUT2D eigenvalue weighted by Gasteiger charge is 2.22. The quantitative estimate of drug-likeness (QED) is 0.298. The van der Waals surface area contributed by atoms with Crippen LogP contribution in [0.2, 0.25) is 0 Å². The van der Waals surface area contributed by atoms with Crippen molar-refractivity contribution < 1.29 is 0 Å². The number of nitrogens with zero attached hydrogens (tertiary/aromatic N) is 3. The molecule has 0 spiro atoms. The third-order valence-electron chi connectivity index (χ3n) is 6.19. The van der Waals surface area contributed by atoms with Crippen molar-refractivity contribution >= 4 is 0 Å². The highest BCUT2D eigenvalue weighted by Crippen LogP contribution is 2.10. The zero-order chi connectivity index (χ0) is 21.3. The van der Waals surface area contributed by atoms with Crippen LogP contribution in [0.5, 0.6) is 0 Å². The molecule has 1 aliphatic heterocycles. The molecule has 6 nitrogen and oxygen atoms in total. The van der Waals surface area contributed by atoms with Gasteiger partial charge in [-0.2, -0.15) is 0 Å². The van der Waals surface area contributed by atoms with E-state index in [1.54, 1.807) is 0 Å². The Labute approximate surface area is 181 Å². The number of unbranched alkanes of at least 4 members (excludes halogenated alkanes) is 2. The monoisotopic (exact) mass is 412 g/mol.